The van der Waals surface area contributed by atoms with Crippen LogP contribution in [0, 0.1) is 34.1 Å². The second-order valence-corrected chi connectivity index (χ2v) is 4.87. The average Bonchev–Trinajstić information content (AvgIpc) is 2.85. The Balaban J connectivity index is 2.31. The van der Waals surface area contributed by atoms with Gasteiger partial charge in [-0.05, 0) is 19.4 Å². The van der Waals surface area contributed by atoms with Crippen molar-refractivity contribution in [3.8, 4) is 0 Å². The van der Waals surface area contributed by atoms with Crippen LogP contribution in [0.3, 0.4) is 0 Å². The molecule has 0 bridgehead atoms. The van der Waals surface area contributed by atoms with Crippen LogP contribution in [0.5, 0.6) is 0 Å². The minimum absolute atomic E-state index is 0.00951. The molecule has 0 atom stereocenters. The van der Waals surface area contributed by atoms with Crippen LogP contribution in [0.2, 0.25) is 0 Å². The van der Waals surface area contributed by atoms with Gasteiger partial charge in [-0.1, -0.05) is 11.3 Å². The molecule has 2 rings (SSSR count). The van der Waals surface area contributed by atoms with Gasteiger partial charge in [-0.3, -0.25) is 24.9 Å². The van der Waals surface area contributed by atoms with Crippen LogP contribution in [-0.2, 0) is 6.54 Å². The molecule has 0 aromatic carbocycles. The monoisotopic (exact) mass is 282 g/mol. The molecule has 2 aromatic rings. The second-order valence-electron chi connectivity index (χ2n) is 3.98. The number of aryl methyl sites for hydroxylation is 1. The molecule has 0 aliphatic heterocycles. The lowest BCUT2D eigenvalue weighted by Crippen LogP contribution is -2.03. The molecule has 0 fully saturated rings. The smallest absolute Gasteiger partial charge is 0.258 e. The molecule has 0 unspecified atom stereocenters. The van der Waals surface area contributed by atoms with Crippen molar-refractivity contribution in [3.63, 3.8) is 0 Å². The zero-order chi connectivity index (χ0) is 14.2. The maximum atomic E-state index is 10.9. The van der Waals surface area contributed by atoms with Gasteiger partial charge in [0.15, 0.2) is 0 Å². The number of thiophene rings is 1. The van der Waals surface area contributed by atoms with Crippen LogP contribution in [-0.4, -0.2) is 19.6 Å². The summed E-state index contributed by atoms with van der Waals surface area (Å²) < 4.78 is 1.49. The molecule has 0 aliphatic carbocycles. The first-order chi connectivity index (χ1) is 8.90. The summed E-state index contributed by atoms with van der Waals surface area (Å²) >= 11 is 1.03. The van der Waals surface area contributed by atoms with Gasteiger partial charge in [-0.2, -0.15) is 5.10 Å². The topological polar surface area (TPSA) is 104 Å². The maximum Gasteiger partial charge on any atom is 0.324 e. The molecule has 0 saturated heterocycles. The molecule has 100 valence electrons. The molecule has 0 N–H and O–H groups in total. The Morgan fingerprint density at radius 1 is 1.32 bits per heavy atom. The quantitative estimate of drug-likeness (QED) is 0.632. The summed E-state index contributed by atoms with van der Waals surface area (Å²) in [7, 11) is 0. The molecule has 0 amide bonds. The van der Waals surface area contributed by atoms with Gasteiger partial charge in [0.05, 0.1) is 16.4 Å². The third-order valence-electron chi connectivity index (χ3n) is 2.68. The van der Waals surface area contributed by atoms with Gasteiger partial charge in [-0.15, -0.1) is 0 Å². The third kappa shape index (κ3) is 2.45. The van der Waals surface area contributed by atoms with Gasteiger partial charge >= 0.3 is 10.7 Å². The van der Waals surface area contributed by atoms with E-state index in [1.165, 1.54) is 10.7 Å². The van der Waals surface area contributed by atoms with Crippen molar-refractivity contribution in [3.05, 3.63) is 48.6 Å². The number of hydrogen-bond donors (Lipinski definition) is 0. The fourth-order valence-corrected chi connectivity index (χ4v) is 2.54. The third-order valence-corrected chi connectivity index (χ3v) is 3.61. The highest BCUT2D eigenvalue weighted by molar-refractivity contribution is 7.13. The zero-order valence-corrected chi connectivity index (χ0v) is 11.0. The summed E-state index contributed by atoms with van der Waals surface area (Å²) in [5, 5.41) is 27.2. The van der Waals surface area contributed by atoms with E-state index in [2.05, 4.69) is 5.10 Å². The minimum atomic E-state index is -0.468. The van der Waals surface area contributed by atoms with Crippen LogP contribution in [0.1, 0.15) is 17.0 Å². The molecular weight excluding hydrogens is 272 g/mol. The maximum absolute atomic E-state index is 10.9. The highest BCUT2D eigenvalue weighted by atomic mass is 32.1. The molecular formula is C10H10N4O4S. The van der Waals surface area contributed by atoms with Gasteiger partial charge in [0.25, 0.3) is 0 Å². The molecule has 9 heteroatoms. The van der Waals surface area contributed by atoms with E-state index in [1.54, 1.807) is 19.2 Å². The van der Waals surface area contributed by atoms with E-state index in [4.69, 9.17) is 0 Å². The van der Waals surface area contributed by atoms with Crippen molar-refractivity contribution >= 4 is 22.0 Å². The highest BCUT2D eigenvalue weighted by Gasteiger charge is 2.22. The molecule has 0 radical (unpaired) electrons. The number of hydrogen-bond acceptors (Lipinski definition) is 6. The fourth-order valence-electron chi connectivity index (χ4n) is 1.82. The Hall–Kier alpha value is -2.29. The second kappa shape index (κ2) is 4.76. The SMILES string of the molecule is Cc1nn(Cc2csc([N+](=O)[O-])c2)c(C)c1[N+](=O)[O-]. The van der Waals surface area contributed by atoms with Crippen LogP contribution in [0.25, 0.3) is 0 Å². The number of aromatic nitrogens is 2. The Bertz CT molecular complexity index is 661. The van der Waals surface area contributed by atoms with Gasteiger partial charge in [0.1, 0.15) is 11.4 Å². The summed E-state index contributed by atoms with van der Waals surface area (Å²) in [6, 6.07) is 1.45. The zero-order valence-electron chi connectivity index (χ0n) is 10.2. The normalized spacial score (nSPS) is 10.6. The summed E-state index contributed by atoms with van der Waals surface area (Å²) in [6.07, 6.45) is 0. The summed E-state index contributed by atoms with van der Waals surface area (Å²) in [5.41, 5.74) is 1.48. The number of nitrogens with zero attached hydrogens (tertiary/aromatic N) is 4. The van der Waals surface area contributed by atoms with Crippen molar-refractivity contribution < 1.29 is 9.85 Å². The molecule has 8 nitrogen and oxygen atoms in total. The van der Waals surface area contributed by atoms with E-state index in [1.807, 2.05) is 0 Å². The van der Waals surface area contributed by atoms with Crippen molar-refractivity contribution in [2.45, 2.75) is 20.4 Å². The van der Waals surface area contributed by atoms with E-state index in [9.17, 15) is 20.2 Å². The Morgan fingerprint density at radius 3 is 2.47 bits per heavy atom. The van der Waals surface area contributed by atoms with Crippen molar-refractivity contribution in [2.75, 3.05) is 0 Å². The predicted octanol–water partition coefficient (Wildman–Crippen LogP) is 2.43. The van der Waals surface area contributed by atoms with E-state index in [0.717, 1.165) is 11.3 Å². The van der Waals surface area contributed by atoms with Crippen LogP contribution >= 0.6 is 11.3 Å². The average molecular weight is 282 g/mol. The molecule has 2 heterocycles. The lowest BCUT2D eigenvalue weighted by atomic mass is 10.3. The Morgan fingerprint density at radius 2 is 2.00 bits per heavy atom. The van der Waals surface area contributed by atoms with Crippen molar-refractivity contribution in [1.29, 1.82) is 0 Å². The highest BCUT2D eigenvalue weighted by Crippen LogP contribution is 2.26. The van der Waals surface area contributed by atoms with Crippen LogP contribution in [0.4, 0.5) is 10.7 Å². The molecule has 0 saturated carbocycles. The first-order valence-electron chi connectivity index (χ1n) is 5.30. The van der Waals surface area contributed by atoms with E-state index in [0.29, 0.717) is 17.0 Å². The molecule has 0 spiro atoms. The largest absolute Gasteiger partial charge is 0.324 e. The van der Waals surface area contributed by atoms with Gasteiger partial charge in [0, 0.05) is 11.4 Å². The fraction of sp³-hybridized carbons (Fsp3) is 0.300. The summed E-state index contributed by atoms with van der Waals surface area (Å²) in [6.45, 7) is 3.46. The lowest BCUT2D eigenvalue weighted by Gasteiger charge is -2.00. The first-order valence-corrected chi connectivity index (χ1v) is 6.18. The summed E-state index contributed by atoms with van der Waals surface area (Å²) in [4.78, 5) is 20.5. The van der Waals surface area contributed by atoms with Crippen molar-refractivity contribution in [2.24, 2.45) is 0 Å². The lowest BCUT2D eigenvalue weighted by molar-refractivity contribution is -0.386. The standard InChI is InChI=1S/C10H10N4O4S/c1-6-10(14(17)18)7(2)12(11-6)4-8-3-9(13(15)16)19-5-8/h3,5H,4H2,1-2H3. The van der Waals surface area contributed by atoms with Gasteiger partial charge in [-0.25, -0.2) is 0 Å². The van der Waals surface area contributed by atoms with Crippen LogP contribution < -0.4 is 0 Å². The minimum Gasteiger partial charge on any atom is -0.258 e. The molecule has 2 aromatic heterocycles. The van der Waals surface area contributed by atoms with E-state index < -0.39 is 9.85 Å². The van der Waals surface area contributed by atoms with Gasteiger partial charge < -0.3 is 0 Å². The number of rotatable bonds is 4. The Labute approximate surface area is 111 Å². The predicted molar refractivity (Wildman–Crippen MR) is 68.4 cm³/mol. The van der Waals surface area contributed by atoms with E-state index in [-0.39, 0.29) is 17.2 Å². The van der Waals surface area contributed by atoms with Crippen LogP contribution in [0.15, 0.2) is 11.4 Å². The first kappa shape index (κ1) is 13.1. The molecule has 19 heavy (non-hydrogen) atoms. The molecule has 0 aliphatic rings. The van der Waals surface area contributed by atoms with Gasteiger partial charge in [0.2, 0.25) is 0 Å². The Kier molecular flexibility index (Phi) is 3.30. The summed E-state index contributed by atoms with van der Waals surface area (Å²) in [5.74, 6) is 0. The van der Waals surface area contributed by atoms with E-state index >= 15 is 0 Å². The number of nitro groups is 2. The van der Waals surface area contributed by atoms with Crippen molar-refractivity contribution in [1.82, 2.24) is 9.78 Å².